The van der Waals surface area contributed by atoms with Crippen LogP contribution in [0.3, 0.4) is 0 Å². The Hall–Kier alpha value is -3.40. The fraction of sp³-hybridized carbons (Fsp3) is 0.519. The van der Waals surface area contributed by atoms with Gasteiger partial charge < -0.3 is 25.8 Å². The highest BCUT2D eigenvalue weighted by Crippen LogP contribution is 2.30. The fourth-order valence-electron chi connectivity index (χ4n) is 5.38. The van der Waals surface area contributed by atoms with Crippen LogP contribution >= 0.6 is 11.6 Å². The molecule has 0 aromatic carbocycles. The number of pyridine rings is 1. The van der Waals surface area contributed by atoms with Crippen LogP contribution in [0.2, 0.25) is 5.15 Å². The number of nitrogens with zero attached hydrogens (tertiary/aromatic N) is 6. The average molecular weight is 539 g/mol. The second-order valence-electron chi connectivity index (χ2n) is 10.4. The molecule has 2 amide bonds. The van der Waals surface area contributed by atoms with Gasteiger partial charge in [-0.2, -0.15) is 0 Å². The fourth-order valence-corrected chi connectivity index (χ4v) is 5.54. The summed E-state index contributed by atoms with van der Waals surface area (Å²) in [6.45, 7) is 9.06. The lowest BCUT2D eigenvalue weighted by molar-refractivity contribution is 0.0638. The third-order valence-electron chi connectivity index (χ3n) is 7.68. The summed E-state index contributed by atoms with van der Waals surface area (Å²) in [5, 5.41) is 3.26. The first-order valence-electron chi connectivity index (χ1n) is 13.3. The van der Waals surface area contributed by atoms with Gasteiger partial charge in [-0.1, -0.05) is 17.7 Å². The number of rotatable bonds is 5. The Morgan fingerprint density at radius 2 is 1.87 bits per heavy atom. The number of nitrogens with two attached hydrogens (primary N) is 1. The van der Waals surface area contributed by atoms with Crippen LogP contribution in [0.4, 0.5) is 11.6 Å². The van der Waals surface area contributed by atoms with E-state index in [-0.39, 0.29) is 34.9 Å². The van der Waals surface area contributed by atoms with Gasteiger partial charge in [-0.05, 0) is 58.6 Å². The highest BCUT2D eigenvalue weighted by Gasteiger charge is 2.35. The number of allylic oxidation sites excluding steroid dienone is 1. The molecule has 3 fully saturated rings. The maximum absolute atomic E-state index is 13.0. The van der Waals surface area contributed by atoms with Crippen LogP contribution in [0.1, 0.15) is 66.1 Å². The number of aryl methyl sites for hydroxylation is 1. The van der Waals surface area contributed by atoms with Gasteiger partial charge in [-0.25, -0.2) is 15.0 Å². The second kappa shape index (κ2) is 10.8. The molecule has 11 heteroatoms. The molecule has 0 bridgehead atoms. The van der Waals surface area contributed by atoms with Gasteiger partial charge in [0.25, 0.3) is 11.8 Å². The maximum atomic E-state index is 13.0. The zero-order valence-corrected chi connectivity index (χ0v) is 22.9. The number of likely N-dealkylation sites (tertiary alicyclic amines) is 1. The lowest BCUT2D eigenvalue weighted by Crippen LogP contribution is -2.56. The van der Waals surface area contributed by atoms with E-state index in [1.165, 1.54) is 5.70 Å². The molecule has 3 aliphatic rings. The van der Waals surface area contributed by atoms with Crippen molar-refractivity contribution in [2.24, 2.45) is 0 Å². The summed E-state index contributed by atoms with van der Waals surface area (Å²) >= 11 is 5.89. The van der Waals surface area contributed by atoms with Gasteiger partial charge in [0.2, 0.25) is 0 Å². The van der Waals surface area contributed by atoms with Gasteiger partial charge in [0.15, 0.2) is 5.82 Å². The number of hydrogen-bond donors (Lipinski definition) is 2. The first kappa shape index (κ1) is 26.2. The second-order valence-corrected chi connectivity index (χ2v) is 10.8. The normalized spacial score (nSPS) is 21.6. The predicted molar refractivity (Wildman–Crippen MR) is 147 cm³/mol. The van der Waals surface area contributed by atoms with E-state index < -0.39 is 0 Å². The van der Waals surface area contributed by atoms with Gasteiger partial charge in [0.05, 0.1) is 24.0 Å². The molecule has 0 spiro atoms. The number of aromatic nitrogens is 3. The molecule has 4 heterocycles. The van der Waals surface area contributed by atoms with Crippen molar-refractivity contribution < 1.29 is 9.59 Å². The Kier molecular flexibility index (Phi) is 7.43. The number of carbonyl (C=O) groups excluding carboxylic acids is 2. The number of piperidine rings is 1. The summed E-state index contributed by atoms with van der Waals surface area (Å²) in [6, 6.07) is 4.08. The van der Waals surface area contributed by atoms with Crippen LogP contribution in [-0.2, 0) is 0 Å². The maximum Gasteiger partial charge on any atom is 0.271 e. The Balaban J connectivity index is 1.23. The van der Waals surface area contributed by atoms with E-state index in [0.717, 1.165) is 43.7 Å². The molecule has 0 radical (unpaired) electrons. The van der Waals surface area contributed by atoms with Crippen molar-refractivity contribution >= 4 is 35.1 Å². The molecule has 2 aromatic heterocycles. The first-order chi connectivity index (χ1) is 18.2. The van der Waals surface area contributed by atoms with Gasteiger partial charge in [0.1, 0.15) is 16.7 Å². The van der Waals surface area contributed by atoms with E-state index >= 15 is 0 Å². The molecule has 1 aliphatic carbocycles. The number of hydrogen-bond acceptors (Lipinski definition) is 8. The van der Waals surface area contributed by atoms with E-state index in [0.29, 0.717) is 36.9 Å². The van der Waals surface area contributed by atoms with Crippen LogP contribution < -0.4 is 16.0 Å². The lowest BCUT2D eigenvalue weighted by Gasteiger charge is -2.48. The van der Waals surface area contributed by atoms with Crippen LogP contribution in [-0.4, -0.2) is 80.9 Å². The summed E-state index contributed by atoms with van der Waals surface area (Å²) in [6.07, 6.45) is 7.57. The number of piperazine rings is 1. The third-order valence-corrected chi connectivity index (χ3v) is 7.89. The van der Waals surface area contributed by atoms with Crippen molar-refractivity contribution in [2.75, 3.05) is 36.8 Å². The minimum absolute atomic E-state index is 0.0992. The highest BCUT2D eigenvalue weighted by molar-refractivity contribution is 6.29. The standard InChI is InChI=1S/C27H35ClN8O2/c1-4-19-15-35(25-17(3)31-22(13-30-25)26(37)32-18-5-6-18)16(2)14-36(19)20-9-11-34(12-10-20)27(38)21-7-8-23(28)33-24(21)29/h4,7-8,13,16,18,20H,5-6,9-12,14-15H2,1-3H3,(H2,29,33)(H,32,37)/b19-4+/t16-/m1/s1. The van der Waals surface area contributed by atoms with Gasteiger partial charge in [-0.3, -0.25) is 9.59 Å². The van der Waals surface area contributed by atoms with E-state index in [9.17, 15) is 9.59 Å². The number of nitrogen functional groups attached to an aromatic ring is 1. The van der Waals surface area contributed by atoms with Crippen molar-refractivity contribution in [3.05, 3.63) is 52.2 Å². The van der Waals surface area contributed by atoms with Crippen molar-refractivity contribution in [3.8, 4) is 0 Å². The number of amides is 2. The molecule has 38 heavy (non-hydrogen) atoms. The molecule has 202 valence electrons. The minimum atomic E-state index is -0.151. The molecule has 10 nitrogen and oxygen atoms in total. The molecule has 3 N–H and O–H groups in total. The molecule has 1 saturated carbocycles. The van der Waals surface area contributed by atoms with Crippen molar-refractivity contribution in [1.82, 2.24) is 30.1 Å². The summed E-state index contributed by atoms with van der Waals surface area (Å²) < 4.78 is 0. The summed E-state index contributed by atoms with van der Waals surface area (Å²) in [4.78, 5) is 45.3. The summed E-state index contributed by atoms with van der Waals surface area (Å²) in [7, 11) is 0. The van der Waals surface area contributed by atoms with Crippen LogP contribution in [0.15, 0.2) is 30.1 Å². The van der Waals surface area contributed by atoms with Gasteiger partial charge >= 0.3 is 0 Å². The predicted octanol–water partition coefficient (Wildman–Crippen LogP) is 3.03. The Labute approximate surface area is 228 Å². The largest absolute Gasteiger partial charge is 0.383 e. The van der Waals surface area contributed by atoms with Crippen LogP contribution in [0, 0.1) is 6.92 Å². The zero-order valence-electron chi connectivity index (χ0n) is 22.2. The molecular weight excluding hydrogens is 504 g/mol. The van der Waals surface area contributed by atoms with Crippen LogP contribution in [0.5, 0.6) is 0 Å². The average Bonchev–Trinajstić information content (AvgIpc) is 3.72. The monoisotopic (exact) mass is 538 g/mol. The molecular formula is C27H35ClN8O2. The molecule has 5 rings (SSSR count). The van der Waals surface area contributed by atoms with Gasteiger partial charge in [0, 0.05) is 43.5 Å². The van der Waals surface area contributed by atoms with E-state index in [2.05, 4.69) is 50.0 Å². The Bertz CT molecular complexity index is 1260. The number of nitrogens with one attached hydrogen (secondary N) is 1. The smallest absolute Gasteiger partial charge is 0.271 e. The molecule has 2 aromatic rings. The zero-order chi connectivity index (χ0) is 27.0. The van der Waals surface area contributed by atoms with Crippen molar-refractivity contribution in [2.45, 2.75) is 64.6 Å². The third kappa shape index (κ3) is 5.41. The quantitative estimate of drug-likeness (QED) is 0.557. The van der Waals surface area contributed by atoms with Crippen LogP contribution in [0.25, 0.3) is 0 Å². The summed E-state index contributed by atoms with van der Waals surface area (Å²) in [5.74, 6) is 0.731. The SMILES string of the molecule is C/C=C1\CN(c2ncc(C(=O)NC3CC3)nc2C)[C@H](C)CN1C1CCN(C(=O)c2ccc(Cl)nc2N)CC1. The van der Waals surface area contributed by atoms with Gasteiger partial charge in [-0.15, -0.1) is 0 Å². The minimum Gasteiger partial charge on any atom is -0.383 e. The van der Waals surface area contributed by atoms with Crippen molar-refractivity contribution in [3.63, 3.8) is 0 Å². The summed E-state index contributed by atoms with van der Waals surface area (Å²) in [5.41, 5.74) is 8.71. The van der Waals surface area contributed by atoms with E-state index in [4.69, 9.17) is 17.3 Å². The molecule has 2 saturated heterocycles. The van der Waals surface area contributed by atoms with E-state index in [1.807, 2.05) is 11.8 Å². The van der Waals surface area contributed by atoms with E-state index in [1.54, 1.807) is 18.3 Å². The number of carbonyl (C=O) groups is 2. The topological polar surface area (TPSA) is 121 Å². The van der Waals surface area contributed by atoms with Crippen molar-refractivity contribution in [1.29, 1.82) is 0 Å². The first-order valence-corrected chi connectivity index (χ1v) is 13.7. The Morgan fingerprint density at radius 3 is 2.50 bits per heavy atom. The lowest BCUT2D eigenvalue weighted by atomic mass is 9.98. The Morgan fingerprint density at radius 1 is 1.13 bits per heavy atom. The number of halogens is 1. The molecule has 2 aliphatic heterocycles. The molecule has 1 atom stereocenters. The molecule has 0 unspecified atom stereocenters. The number of anilines is 2. The highest BCUT2D eigenvalue weighted by atomic mass is 35.5.